The summed E-state index contributed by atoms with van der Waals surface area (Å²) in [7, 11) is 0. The van der Waals surface area contributed by atoms with Crippen molar-refractivity contribution in [3.8, 4) is 11.4 Å². The molecule has 0 unspecified atom stereocenters. The van der Waals surface area contributed by atoms with Crippen molar-refractivity contribution in [2.45, 2.75) is 57.7 Å². The van der Waals surface area contributed by atoms with Crippen LogP contribution >= 0.6 is 23.8 Å². The molecule has 6 rings (SSSR count). The Kier molecular flexibility index (Phi) is 6.85. The lowest BCUT2D eigenvalue weighted by atomic mass is 9.96. The van der Waals surface area contributed by atoms with Gasteiger partial charge in [-0.2, -0.15) is 0 Å². The van der Waals surface area contributed by atoms with Crippen LogP contribution in [0.4, 0.5) is 5.69 Å². The van der Waals surface area contributed by atoms with Gasteiger partial charge in [-0.3, -0.25) is 4.98 Å². The van der Waals surface area contributed by atoms with Crippen LogP contribution in [0.15, 0.2) is 79.0 Å². The maximum atomic E-state index is 6.36. The number of aromatic nitrogens is 2. The molecule has 194 valence electrons. The Balaban J connectivity index is 1.41. The van der Waals surface area contributed by atoms with Crippen LogP contribution in [0.2, 0.25) is 5.02 Å². The molecule has 1 aliphatic heterocycles. The van der Waals surface area contributed by atoms with Gasteiger partial charge in [-0.05, 0) is 118 Å². The normalized spacial score (nSPS) is 19.7. The summed E-state index contributed by atoms with van der Waals surface area (Å²) in [5.74, 6) is 0.913. The monoisotopic (exact) mass is 542 g/mol. The molecule has 0 spiro atoms. The molecule has 7 heteroatoms. The number of nitrogens with zero attached hydrogens (tertiary/aromatic N) is 3. The van der Waals surface area contributed by atoms with Crippen molar-refractivity contribution in [3.63, 3.8) is 0 Å². The molecule has 2 aliphatic rings. The first-order valence-electron chi connectivity index (χ1n) is 13.2. The van der Waals surface area contributed by atoms with E-state index in [2.05, 4.69) is 71.1 Å². The van der Waals surface area contributed by atoms with Crippen molar-refractivity contribution < 1.29 is 4.74 Å². The van der Waals surface area contributed by atoms with Gasteiger partial charge >= 0.3 is 0 Å². The maximum absolute atomic E-state index is 6.36. The molecular formula is C31H31ClN4OS. The third kappa shape index (κ3) is 4.67. The first-order valence-corrected chi connectivity index (χ1v) is 14.0. The van der Waals surface area contributed by atoms with E-state index in [-0.39, 0.29) is 12.1 Å². The minimum absolute atomic E-state index is 0.0851. The summed E-state index contributed by atoms with van der Waals surface area (Å²) in [5.41, 5.74) is 6.50. The smallest absolute Gasteiger partial charge is 0.174 e. The second kappa shape index (κ2) is 10.4. The second-order valence-electron chi connectivity index (χ2n) is 10.2. The number of rotatable bonds is 6. The van der Waals surface area contributed by atoms with E-state index in [1.54, 1.807) is 0 Å². The van der Waals surface area contributed by atoms with E-state index in [0.29, 0.717) is 16.2 Å². The molecule has 4 aromatic rings. The van der Waals surface area contributed by atoms with Gasteiger partial charge in [-0.25, -0.2) is 0 Å². The summed E-state index contributed by atoms with van der Waals surface area (Å²) in [6.45, 7) is 4.30. The summed E-state index contributed by atoms with van der Waals surface area (Å²) in [6.07, 6.45) is 6.94. The predicted molar refractivity (Wildman–Crippen MR) is 158 cm³/mol. The Labute approximate surface area is 234 Å². The zero-order valence-corrected chi connectivity index (χ0v) is 23.2. The molecule has 3 heterocycles. The Hall–Kier alpha value is -3.35. The molecule has 2 atom stereocenters. The van der Waals surface area contributed by atoms with Crippen LogP contribution in [-0.4, -0.2) is 20.8 Å². The van der Waals surface area contributed by atoms with Gasteiger partial charge in [-0.1, -0.05) is 23.7 Å². The summed E-state index contributed by atoms with van der Waals surface area (Å²) in [5, 5.41) is 4.98. The number of aryl methyl sites for hydroxylation is 1. The lowest BCUT2D eigenvalue weighted by Crippen LogP contribution is -2.29. The highest BCUT2D eigenvalue weighted by Crippen LogP contribution is 2.44. The van der Waals surface area contributed by atoms with Gasteiger partial charge in [-0.15, -0.1) is 0 Å². The number of hydrogen-bond donors (Lipinski definition) is 1. The second-order valence-corrected chi connectivity index (χ2v) is 11.0. The molecule has 5 nitrogen and oxygen atoms in total. The first kappa shape index (κ1) is 25.0. The average molecular weight is 543 g/mol. The van der Waals surface area contributed by atoms with Crippen molar-refractivity contribution in [3.05, 3.63) is 107 Å². The number of ether oxygens (including phenoxy) is 1. The van der Waals surface area contributed by atoms with Crippen LogP contribution in [0.25, 0.3) is 5.69 Å². The van der Waals surface area contributed by atoms with Crippen LogP contribution in [0.3, 0.4) is 0 Å². The van der Waals surface area contributed by atoms with Crippen LogP contribution in [-0.2, 0) is 0 Å². The quantitative estimate of drug-likeness (QED) is 0.253. The lowest BCUT2D eigenvalue weighted by Gasteiger charge is -2.28. The summed E-state index contributed by atoms with van der Waals surface area (Å²) in [6, 6.07) is 24.4. The van der Waals surface area contributed by atoms with E-state index in [0.717, 1.165) is 47.0 Å². The van der Waals surface area contributed by atoms with Crippen molar-refractivity contribution in [2.75, 3.05) is 4.90 Å². The van der Waals surface area contributed by atoms with Crippen molar-refractivity contribution in [1.82, 2.24) is 14.9 Å². The van der Waals surface area contributed by atoms with Crippen molar-refractivity contribution >= 4 is 34.6 Å². The standard InChI is InChI=1S/C31H31ClN4OS/c1-20-18-27(21(2)35(20)24-9-7-8-22(32)19-24)30-29(28-12-5-6-17-33-28)34-31(38)36(30)23-13-15-26(16-14-23)37-25-10-3-4-11-25/h5-9,12-19,25,29-30H,3-4,10-11H2,1-2H3,(H,34,38)/t29-,30+/m0/s1. The van der Waals surface area contributed by atoms with E-state index in [1.807, 2.05) is 36.5 Å². The highest BCUT2D eigenvalue weighted by molar-refractivity contribution is 7.80. The van der Waals surface area contributed by atoms with Crippen LogP contribution < -0.4 is 15.0 Å². The highest BCUT2D eigenvalue weighted by Gasteiger charge is 2.42. The number of anilines is 1. The highest BCUT2D eigenvalue weighted by atomic mass is 35.5. The van der Waals surface area contributed by atoms with Crippen LogP contribution in [0.5, 0.6) is 5.75 Å². The summed E-state index contributed by atoms with van der Waals surface area (Å²) in [4.78, 5) is 6.93. The largest absolute Gasteiger partial charge is 0.490 e. The molecule has 0 radical (unpaired) electrons. The van der Waals surface area contributed by atoms with Gasteiger partial charge in [0.2, 0.25) is 0 Å². The van der Waals surface area contributed by atoms with E-state index in [4.69, 9.17) is 33.5 Å². The van der Waals surface area contributed by atoms with E-state index >= 15 is 0 Å². The topological polar surface area (TPSA) is 42.3 Å². The Morgan fingerprint density at radius 2 is 1.74 bits per heavy atom. The van der Waals surface area contributed by atoms with E-state index < -0.39 is 0 Å². The molecule has 2 fully saturated rings. The van der Waals surface area contributed by atoms with Crippen molar-refractivity contribution in [1.29, 1.82) is 0 Å². The number of thiocarbonyl (C=S) groups is 1. The lowest BCUT2D eigenvalue weighted by molar-refractivity contribution is 0.210. The Bertz CT molecular complexity index is 1450. The number of pyridine rings is 1. The van der Waals surface area contributed by atoms with E-state index in [9.17, 15) is 0 Å². The number of halogens is 1. The van der Waals surface area contributed by atoms with Gasteiger partial charge < -0.3 is 19.5 Å². The average Bonchev–Trinajstić information content (AvgIpc) is 3.63. The zero-order chi connectivity index (χ0) is 26.2. The number of benzene rings is 2. The molecule has 1 aliphatic carbocycles. The molecule has 1 saturated heterocycles. The maximum Gasteiger partial charge on any atom is 0.174 e. The Morgan fingerprint density at radius 3 is 2.45 bits per heavy atom. The fourth-order valence-corrected chi connectivity index (χ4v) is 6.46. The van der Waals surface area contributed by atoms with Gasteiger partial charge in [0, 0.05) is 34.0 Å². The minimum atomic E-state index is -0.105. The molecule has 2 aromatic carbocycles. The fraction of sp³-hybridized carbons (Fsp3) is 0.290. The van der Waals surface area contributed by atoms with Gasteiger partial charge in [0.1, 0.15) is 5.75 Å². The number of nitrogens with one attached hydrogen (secondary N) is 1. The fourth-order valence-electron chi connectivity index (χ4n) is 5.93. The molecular weight excluding hydrogens is 512 g/mol. The molecule has 1 N–H and O–H groups in total. The molecule has 2 aromatic heterocycles. The molecule has 0 bridgehead atoms. The van der Waals surface area contributed by atoms with Gasteiger partial charge in [0.25, 0.3) is 0 Å². The predicted octanol–water partition coefficient (Wildman–Crippen LogP) is 7.64. The van der Waals surface area contributed by atoms with Gasteiger partial charge in [0.05, 0.1) is 23.9 Å². The van der Waals surface area contributed by atoms with Crippen molar-refractivity contribution in [2.24, 2.45) is 0 Å². The van der Waals surface area contributed by atoms with Crippen LogP contribution in [0.1, 0.15) is 60.4 Å². The summed E-state index contributed by atoms with van der Waals surface area (Å²) < 4.78 is 8.49. The van der Waals surface area contributed by atoms with E-state index in [1.165, 1.54) is 18.4 Å². The first-order chi connectivity index (χ1) is 18.5. The minimum Gasteiger partial charge on any atom is -0.490 e. The third-order valence-electron chi connectivity index (χ3n) is 7.67. The third-order valence-corrected chi connectivity index (χ3v) is 8.22. The Morgan fingerprint density at radius 1 is 0.947 bits per heavy atom. The number of hydrogen-bond acceptors (Lipinski definition) is 3. The summed E-state index contributed by atoms with van der Waals surface area (Å²) >= 11 is 12.3. The SMILES string of the molecule is Cc1cc([C@@H]2[C@H](c3ccccn3)NC(=S)N2c2ccc(OC3CCCC3)cc2)c(C)n1-c1cccc(Cl)c1. The molecule has 1 saturated carbocycles. The molecule has 0 amide bonds. The van der Waals surface area contributed by atoms with Gasteiger partial charge in [0.15, 0.2) is 5.11 Å². The molecule has 38 heavy (non-hydrogen) atoms. The zero-order valence-electron chi connectivity index (χ0n) is 21.6. The van der Waals surface area contributed by atoms with Crippen LogP contribution in [0, 0.1) is 13.8 Å².